The quantitative estimate of drug-likeness (QED) is 0.816. The summed E-state index contributed by atoms with van der Waals surface area (Å²) in [5.74, 6) is -0.734. The zero-order chi connectivity index (χ0) is 14.5. The first-order valence-corrected chi connectivity index (χ1v) is 7.31. The number of likely N-dealkylation sites (N-methyl/N-ethyl adjacent to an activating group) is 1. The van der Waals surface area contributed by atoms with Crippen LogP contribution in [0.1, 0.15) is 19.4 Å². The van der Waals surface area contributed by atoms with Crippen LogP contribution in [0.15, 0.2) is 23.1 Å². The highest BCUT2D eigenvalue weighted by atomic mass is 32.2. The molecule has 0 aliphatic rings. The van der Waals surface area contributed by atoms with E-state index in [0.29, 0.717) is 0 Å². The van der Waals surface area contributed by atoms with Crippen molar-refractivity contribution < 1.29 is 12.8 Å². The van der Waals surface area contributed by atoms with Gasteiger partial charge < -0.3 is 5.32 Å². The third kappa shape index (κ3) is 4.28. The van der Waals surface area contributed by atoms with Gasteiger partial charge in [-0.3, -0.25) is 0 Å². The Hall–Kier alpha value is -1.49. The summed E-state index contributed by atoms with van der Waals surface area (Å²) in [6, 6.07) is 4.73. The van der Waals surface area contributed by atoms with Crippen LogP contribution in [-0.4, -0.2) is 27.5 Å². The predicted molar refractivity (Wildman–Crippen MR) is 69.4 cm³/mol. The van der Waals surface area contributed by atoms with Crippen molar-refractivity contribution in [3.8, 4) is 6.07 Å². The van der Waals surface area contributed by atoms with Gasteiger partial charge in [0.2, 0.25) is 10.0 Å². The summed E-state index contributed by atoms with van der Waals surface area (Å²) >= 11 is 0. The lowest BCUT2D eigenvalue weighted by Gasteiger charge is -2.13. The third-order valence-corrected chi connectivity index (χ3v) is 3.92. The van der Waals surface area contributed by atoms with E-state index in [0.717, 1.165) is 24.7 Å². The van der Waals surface area contributed by atoms with E-state index < -0.39 is 15.8 Å². The van der Waals surface area contributed by atoms with Gasteiger partial charge in [0.1, 0.15) is 11.9 Å². The molecule has 0 fully saturated rings. The fraction of sp³-hybridized carbons (Fsp3) is 0.417. The lowest BCUT2D eigenvalue weighted by molar-refractivity contribution is 0.536. The SMILES string of the molecule is CCN[C@H](C)CNS(=O)(=O)c1ccc(F)c(C#N)c1. The molecule has 0 radical (unpaired) electrons. The Balaban J connectivity index is 2.86. The first-order valence-electron chi connectivity index (χ1n) is 5.83. The summed E-state index contributed by atoms with van der Waals surface area (Å²) in [7, 11) is -3.73. The van der Waals surface area contributed by atoms with Gasteiger partial charge in [0.25, 0.3) is 0 Å². The van der Waals surface area contributed by atoms with E-state index in [2.05, 4.69) is 10.0 Å². The molecule has 5 nitrogen and oxygen atoms in total. The lowest BCUT2D eigenvalue weighted by Crippen LogP contribution is -2.38. The van der Waals surface area contributed by atoms with Crippen molar-refractivity contribution in [1.29, 1.82) is 5.26 Å². The lowest BCUT2D eigenvalue weighted by atomic mass is 10.2. The molecule has 0 unspecified atom stereocenters. The molecule has 0 saturated carbocycles. The van der Waals surface area contributed by atoms with Gasteiger partial charge in [0, 0.05) is 12.6 Å². The molecular formula is C12H16FN3O2S. The molecule has 1 aromatic carbocycles. The Morgan fingerprint density at radius 1 is 1.47 bits per heavy atom. The van der Waals surface area contributed by atoms with E-state index in [1.165, 1.54) is 0 Å². The van der Waals surface area contributed by atoms with Crippen LogP contribution in [0.3, 0.4) is 0 Å². The zero-order valence-corrected chi connectivity index (χ0v) is 11.6. The summed E-state index contributed by atoms with van der Waals surface area (Å²) < 4.78 is 39.4. The van der Waals surface area contributed by atoms with Gasteiger partial charge in [-0.2, -0.15) is 5.26 Å². The minimum atomic E-state index is -3.73. The molecular weight excluding hydrogens is 269 g/mol. The maximum absolute atomic E-state index is 13.1. The van der Waals surface area contributed by atoms with E-state index in [-0.39, 0.29) is 23.0 Å². The van der Waals surface area contributed by atoms with Crippen LogP contribution in [0.4, 0.5) is 4.39 Å². The van der Waals surface area contributed by atoms with Crippen molar-refractivity contribution in [1.82, 2.24) is 10.0 Å². The van der Waals surface area contributed by atoms with E-state index >= 15 is 0 Å². The molecule has 0 saturated heterocycles. The molecule has 0 aliphatic carbocycles. The van der Waals surface area contributed by atoms with Gasteiger partial charge in [-0.15, -0.1) is 0 Å². The average molecular weight is 285 g/mol. The van der Waals surface area contributed by atoms with Gasteiger partial charge in [-0.05, 0) is 31.7 Å². The number of nitrogens with one attached hydrogen (secondary N) is 2. The Morgan fingerprint density at radius 2 is 2.16 bits per heavy atom. The molecule has 0 bridgehead atoms. The number of sulfonamides is 1. The molecule has 1 rings (SSSR count). The van der Waals surface area contributed by atoms with Crippen LogP contribution < -0.4 is 10.0 Å². The smallest absolute Gasteiger partial charge is 0.240 e. The average Bonchev–Trinajstić information content (AvgIpc) is 2.37. The second-order valence-electron chi connectivity index (χ2n) is 4.06. The summed E-state index contributed by atoms with van der Waals surface area (Å²) in [6.45, 7) is 4.72. The van der Waals surface area contributed by atoms with Crippen LogP contribution in [0.5, 0.6) is 0 Å². The van der Waals surface area contributed by atoms with Crippen molar-refractivity contribution in [3.05, 3.63) is 29.6 Å². The van der Waals surface area contributed by atoms with Crippen LogP contribution in [-0.2, 0) is 10.0 Å². The van der Waals surface area contributed by atoms with E-state index in [4.69, 9.17) is 5.26 Å². The first kappa shape index (κ1) is 15.6. The normalized spacial score (nSPS) is 12.9. The Morgan fingerprint density at radius 3 is 2.74 bits per heavy atom. The number of halogens is 1. The topological polar surface area (TPSA) is 82.0 Å². The molecule has 19 heavy (non-hydrogen) atoms. The number of benzene rings is 1. The maximum Gasteiger partial charge on any atom is 0.240 e. The molecule has 0 heterocycles. The van der Waals surface area contributed by atoms with Crippen molar-refractivity contribution in [2.75, 3.05) is 13.1 Å². The van der Waals surface area contributed by atoms with Crippen LogP contribution >= 0.6 is 0 Å². The molecule has 0 aliphatic heterocycles. The number of nitrogens with zero attached hydrogens (tertiary/aromatic N) is 1. The van der Waals surface area contributed by atoms with E-state index in [1.54, 1.807) is 6.07 Å². The Bertz CT molecular complexity index is 581. The first-order chi connectivity index (χ1) is 8.90. The van der Waals surface area contributed by atoms with Gasteiger partial charge in [0.05, 0.1) is 10.5 Å². The monoisotopic (exact) mass is 285 g/mol. The summed E-state index contributed by atoms with van der Waals surface area (Å²) in [5.41, 5.74) is -0.289. The van der Waals surface area contributed by atoms with E-state index in [1.807, 2.05) is 13.8 Å². The third-order valence-electron chi connectivity index (χ3n) is 2.50. The van der Waals surface area contributed by atoms with E-state index in [9.17, 15) is 12.8 Å². The number of hydrogen-bond acceptors (Lipinski definition) is 4. The highest BCUT2D eigenvalue weighted by Crippen LogP contribution is 2.14. The maximum atomic E-state index is 13.1. The largest absolute Gasteiger partial charge is 0.313 e. The van der Waals surface area contributed by atoms with Gasteiger partial charge in [0.15, 0.2) is 0 Å². The van der Waals surface area contributed by atoms with Gasteiger partial charge in [-0.1, -0.05) is 6.92 Å². The van der Waals surface area contributed by atoms with Crippen molar-refractivity contribution in [2.24, 2.45) is 0 Å². The van der Waals surface area contributed by atoms with Crippen LogP contribution in [0.2, 0.25) is 0 Å². The van der Waals surface area contributed by atoms with Crippen molar-refractivity contribution in [2.45, 2.75) is 24.8 Å². The zero-order valence-electron chi connectivity index (χ0n) is 10.8. The molecule has 104 valence electrons. The fourth-order valence-corrected chi connectivity index (χ4v) is 2.65. The van der Waals surface area contributed by atoms with Crippen LogP contribution in [0.25, 0.3) is 0 Å². The number of rotatable bonds is 6. The molecule has 0 aromatic heterocycles. The predicted octanol–water partition coefficient (Wildman–Crippen LogP) is 0.974. The summed E-state index contributed by atoms with van der Waals surface area (Å²) in [4.78, 5) is -0.117. The molecule has 0 spiro atoms. The standard InChI is InChI=1S/C12H16FN3O2S/c1-3-15-9(2)8-16-19(17,18)11-4-5-12(13)10(6-11)7-14/h4-6,9,15-16H,3,8H2,1-2H3/t9-/m1/s1. The van der Waals surface area contributed by atoms with Crippen molar-refractivity contribution in [3.63, 3.8) is 0 Å². The second-order valence-corrected chi connectivity index (χ2v) is 5.83. The Labute approximate surface area is 112 Å². The highest BCUT2D eigenvalue weighted by Gasteiger charge is 2.16. The van der Waals surface area contributed by atoms with Gasteiger partial charge in [-0.25, -0.2) is 17.5 Å². The number of nitriles is 1. The minimum Gasteiger partial charge on any atom is -0.313 e. The highest BCUT2D eigenvalue weighted by molar-refractivity contribution is 7.89. The summed E-state index contributed by atoms with van der Waals surface area (Å²) in [6.07, 6.45) is 0. The van der Waals surface area contributed by atoms with Gasteiger partial charge >= 0.3 is 0 Å². The molecule has 1 atom stereocenters. The van der Waals surface area contributed by atoms with Crippen LogP contribution in [0, 0.1) is 17.1 Å². The molecule has 7 heteroatoms. The Kier molecular flexibility index (Phi) is 5.42. The fourth-order valence-electron chi connectivity index (χ4n) is 1.50. The van der Waals surface area contributed by atoms with Crippen molar-refractivity contribution >= 4 is 10.0 Å². The number of hydrogen-bond donors (Lipinski definition) is 2. The molecule has 2 N–H and O–H groups in total. The summed E-state index contributed by atoms with van der Waals surface area (Å²) in [5, 5.41) is 11.7. The molecule has 0 amide bonds. The second kappa shape index (κ2) is 6.61. The molecule has 1 aromatic rings. The minimum absolute atomic E-state index is 0.0179.